The summed E-state index contributed by atoms with van der Waals surface area (Å²) in [7, 11) is 1.33. The second kappa shape index (κ2) is 9.80. The fourth-order valence-corrected chi connectivity index (χ4v) is 4.62. The van der Waals surface area contributed by atoms with Crippen LogP contribution in [0.15, 0.2) is 69.3 Å². The summed E-state index contributed by atoms with van der Waals surface area (Å²) in [6.45, 7) is 0.566. The third-order valence-corrected chi connectivity index (χ3v) is 6.42. The smallest absolute Gasteiger partial charge is 0.332 e. The van der Waals surface area contributed by atoms with Crippen LogP contribution in [-0.4, -0.2) is 30.2 Å². The molecule has 4 rings (SSSR count). The van der Waals surface area contributed by atoms with Gasteiger partial charge in [-0.3, -0.25) is 18.7 Å². The molecular formula is C24H22N6O3S. The molecular weight excluding hydrogens is 452 g/mol. The van der Waals surface area contributed by atoms with E-state index in [0.29, 0.717) is 18.1 Å². The van der Waals surface area contributed by atoms with Crippen LogP contribution >= 0.6 is 11.8 Å². The molecule has 0 saturated carbocycles. The van der Waals surface area contributed by atoms with E-state index >= 15 is 0 Å². The minimum atomic E-state index is -0.726. The molecule has 2 N–H and O–H groups in total. The van der Waals surface area contributed by atoms with Crippen molar-refractivity contribution < 1.29 is 4.79 Å². The van der Waals surface area contributed by atoms with Crippen molar-refractivity contribution in [1.29, 1.82) is 5.26 Å². The number of para-hydroxylation sites is 2. The SMILES string of the molecule is Cn1c(=O)c(C(=O)CSc2nc3ccccc3n2CCC#N)c(N)n(Cc2ccccc2)c1=O. The summed E-state index contributed by atoms with van der Waals surface area (Å²) in [6.07, 6.45) is 0.291. The molecule has 10 heteroatoms. The van der Waals surface area contributed by atoms with Crippen molar-refractivity contribution in [2.24, 2.45) is 7.05 Å². The summed E-state index contributed by atoms with van der Waals surface area (Å²) in [5.41, 5.74) is 7.08. The lowest BCUT2D eigenvalue weighted by Crippen LogP contribution is -2.43. The highest BCUT2D eigenvalue weighted by Crippen LogP contribution is 2.25. The minimum Gasteiger partial charge on any atom is -0.384 e. The van der Waals surface area contributed by atoms with Gasteiger partial charge in [0.15, 0.2) is 10.9 Å². The average molecular weight is 475 g/mol. The minimum absolute atomic E-state index is 0.0984. The van der Waals surface area contributed by atoms with Crippen LogP contribution in [0.3, 0.4) is 0 Å². The number of carbonyl (C=O) groups is 1. The fourth-order valence-electron chi connectivity index (χ4n) is 3.71. The third-order valence-electron chi connectivity index (χ3n) is 5.44. The fraction of sp³-hybridized carbons (Fsp3) is 0.208. The third kappa shape index (κ3) is 4.38. The Kier molecular flexibility index (Phi) is 6.65. The molecule has 0 unspecified atom stereocenters. The van der Waals surface area contributed by atoms with Gasteiger partial charge in [0.25, 0.3) is 5.56 Å². The summed E-state index contributed by atoms with van der Waals surface area (Å²) in [4.78, 5) is 43.2. The Balaban J connectivity index is 1.66. The van der Waals surface area contributed by atoms with Crippen molar-refractivity contribution in [3.8, 4) is 6.07 Å². The van der Waals surface area contributed by atoms with Crippen molar-refractivity contribution >= 4 is 34.4 Å². The van der Waals surface area contributed by atoms with Crippen molar-refractivity contribution in [3.05, 3.63) is 86.6 Å². The van der Waals surface area contributed by atoms with Gasteiger partial charge in [0, 0.05) is 13.6 Å². The number of aryl methyl sites for hydroxylation is 1. The average Bonchev–Trinajstić information content (AvgIpc) is 3.21. The summed E-state index contributed by atoms with van der Waals surface area (Å²) in [5, 5.41) is 9.58. The number of rotatable bonds is 8. The number of thioether (sulfide) groups is 1. The zero-order valence-corrected chi connectivity index (χ0v) is 19.3. The summed E-state index contributed by atoms with van der Waals surface area (Å²) < 4.78 is 4.02. The highest BCUT2D eigenvalue weighted by Gasteiger charge is 2.23. The van der Waals surface area contributed by atoms with E-state index < -0.39 is 17.0 Å². The lowest BCUT2D eigenvalue weighted by Gasteiger charge is -2.14. The number of fused-ring (bicyclic) bond motifs is 1. The number of benzene rings is 2. The summed E-state index contributed by atoms with van der Waals surface area (Å²) >= 11 is 1.17. The maximum Gasteiger partial charge on any atom is 0.332 e. The van der Waals surface area contributed by atoms with E-state index in [-0.39, 0.29) is 23.7 Å². The summed E-state index contributed by atoms with van der Waals surface area (Å²) in [5.74, 6) is -0.747. The molecule has 2 aromatic heterocycles. The van der Waals surface area contributed by atoms with Crippen molar-refractivity contribution in [3.63, 3.8) is 0 Å². The zero-order chi connectivity index (χ0) is 24.2. The van der Waals surface area contributed by atoms with E-state index in [1.54, 1.807) is 0 Å². The maximum atomic E-state index is 13.1. The Labute approximate surface area is 199 Å². The molecule has 0 aliphatic rings. The first-order valence-electron chi connectivity index (χ1n) is 10.5. The first-order chi connectivity index (χ1) is 16.4. The van der Waals surface area contributed by atoms with E-state index in [1.165, 1.54) is 23.4 Å². The Morgan fingerprint density at radius 1 is 1.09 bits per heavy atom. The predicted molar refractivity (Wildman–Crippen MR) is 131 cm³/mol. The van der Waals surface area contributed by atoms with E-state index in [4.69, 9.17) is 11.0 Å². The molecule has 0 radical (unpaired) electrons. The number of Topliss-reactive ketones (excluding diaryl/α,β-unsaturated/α-hetero) is 1. The van der Waals surface area contributed by atoms with Gasteiger partial charge in [-0.05, 0) is 17.7 Å². The second-order valence-corrected chi connectivity index (χ2v) is 8.58. The van der Waals surface area contributed by atoms with Crippen LogP contribution in [-0.2, 0) is 20.1 Å². The Bertz CT molecular complexity index is 1530. The first-order valence-corrected chi connectivity index (χ1v) is 11.5. The normalized spacial score (nSPS) is 10.9. The number of aromatic nitrogens is 4. The second-order valence-electron chi connectivity index (χ2n) is 7.63. The Morgan fingerprint density at radius 2 is 1.79 bits per heavy atom. The molecule has 0 aliphatic heterocycles. The van der Waals surface area contributed by atoms with Crippen LogP contribution in [0, 0.1) is 11.3 Å². The van der Waals surface area contributed by atoms with Gasteiger partial charge in [0.05, 0.1) is 35.8 Å². The molecule has 2 heterocycles. The highest BCUT2D eigenvalue weighted by atomic mass is 32.2. The van der Waals surface area contributed by atoms with Crippen LogP contribution in [0.2, 0.25) is 0 Å². The lowest BCUT2D eigenvalue weighted by molar-refractivity contribution is 0.102. The van der Waals surface area contributed by atoms with Gasteiger partial charge >= 0.3 is 5.69 Å². The number of carbonyl (C=O) groups excluding carboxylic acids is 1. The topological polar surface area (TPSA) is 129 Å². The van der Waals surface area contributed by atoms with Gasteiger partial charge in [0.1, 0.15) is 11.4 Å². The molecule has 0 saturated heterocycles. The molecule has 0 aliphatic carbocycles. The molecule has 0 spiro atoms. The van der Waals surface area contributed by atoms with Gasteiger partial charge in [-0.2, -0.15) is 5.26 Å². The molecule has 172 valence electrons. The van der Waals surface area contributed by atoms with E-state index in [0.717, 1.165) is 21.2 Å². The number of anilines is 1. The number of ketones is 1. The molecule has 34 heavy (non-hydrogen) atoms. The van der Waals surface area contributed by atoms with E-state index in [1.807, 2.05) is 59.2 Å². The maximum absolute atomic E-state index is 13.1. The van der Waals surface area contributed by atoms with Gasteiger partial charge in [-0.25, -0.2) is 9.78 Å². The Morgan fingerprint density at radius 3 is 2.53 bits per heavy atom. The number of hydrogen-bond donors (Lipinski definition) is 1. The largest absolute Gasteiger partial charge is 0.384 e. The van der Waals surface area contributed by atoms with Crippen molar-refractivity contribution in [1.82, 2.24) is 18.7 Å². The van der Waals surface area contributed by atoms with Crippen LogP contribution in [0.5, 0.6) is 0 Å². The molecule has 9 nitrogen and oxygen atoms in total. The molecule has 0 fully saturated rings. The predicted octanol–water partition coefficient (Wildman–Crippen LogP) is 2.42. The van der Waals surface area contributed by atoms with Crippen LogP contribution < -0.4 is 17.0 Å². The van der Waals surface area contributed by atoms with E-state index in [2.05, 4.69) is 11.1 Å². The number of nitrogens with zero attached hydrogens (tertiary/aromatic N) is 5. The molecule has 0 bridgehead atoms. The van der Waals surface area contributed by atoms with Gasteiger partial charge < -0.3 is 10.3 Å². The number of nitrogen functional groups attached to an aromatic ring is 1. The highest BCUT2D eigenvalue weighted by molar-refractivity contribution is 7.99. The van der Waals surface area contributed by atoms with Gasteiger partial charge in [-0.1, -0.05) is 54.2 Å². The van der Waals surface area contributed by atoms with Crippen molar-refractivity contribution in [2.45, 2.75) is 24.7 Å². The van der Waals surface area contributed by atoms with Crippen LogP contribution in [0.4, 0.5) is 5.82 Å². The number of imidazole rings is 1. The quantitative estimate of drug-likeness (QED) is 0.307. The standard InChI is InChI=1S/C24H22N6O3S/c1-28-22(32)20(21(26)30(24(28)33)14-16-8-3-2-4-9-16)19(31)15-34-23-27-17-10-5-6-11-18(17)29(23)13-7-12-25/h2-6,8-11H,7,13-15,26H2,1H3. The number of nitriles is 1. The number of nitrogens with two attached hydrogens (primary N) is 1. The van der Waals surface area contributed by atoms with Gasteiger partial charge in [-0.15, -0.1) is 0 Å². The Hall–Kier alpha value is -4.10. The van der Waals surface area contributed by atoms with E-state index in [9.17, 15) is 14.4 Å². The van der Waals surface area contributed by atoms with Crippen molar-refractivity contribution in [2.75, 3.05) is 11.5 Å². The van der Waals surface area contributed by atoms with Gasteiger partial charge in [0.2, 0.25) is 0 Å². The lowest BCUT2D eigenvalue weighted by atomic mass is 10.2. The summed E-state index contributed by atoms with van der Waals surface area (Å²) in [6, 6.07) is 18.8. The zero-order valence-electron chi connectivity index (χ0n) is 18.5. The first kappa shape index (κ1) is 23.1. The molecule has 4 aromatic rings. The molecule has 0 amide bonds. The van der Waals surface area contributed by atoms with Crippen LogP contribution in [0.25, 0.3) is 11.0 Å². The molecule has 0 atom stereocenters. The number of hydrogen-bond acceptors (Lipinski definition) is 7. The monoisotopic (exact) mass is 474 g/mol. The van der Waals surface area contributed by atoms with Crippen LogP contribution in [0.1, 0.15) is 22.3 Å². The molecule has 2 aromatic carbocycles.